The minimum atomic E-state index is -0.329. The second kappa shape index (κ2) is 5.44. The summed E-state index contributed by atoms with van der Waals surface area (Å²) in [4.78, 5) is 11.4. The van der Waals surface area contributed by atoms with Gasteiger partial charge in [-0.25, -0.2) is 0 Å². The molecule has 0 saturated heterocycles. The summed E-state index contributed by atoms with van der Waals surface area (Å²) in [5, 5.41) is 0. The summed E-state index contributed by atoms with van der Waals surface area (Å²) in [5.41, 5.74) is 5.66. The van der Waals surface area contributed by atoms with Crippen LogP contribution in [0.4, 0.5) is 0 Å². The third-order valence-corrected chi connectivity index (χ3v) is 5.21. The third-order valence-electron chi connectivity index (χ3n) is 4.99. The molecule has 0 aliphatic heterocycles. The summed E-state index contributed by atoms with van der Waals surface area (Å²) in [6, 6.07) is 17.4. The van der Waals surface area contributed by atoms with Gasteiger partial charge in [-0.2, -0.15) is 0 Å². The molecular formula is C19H17ClO2. The van der Waals surface area contributed by atoms with E-state index in [-0.39, 0.29) is 11.8 Å². The normalized spacial score (nSPS) is 24.5. The molecule has 0 amide bonds. The van der Waals surface area contributed by atoms with Gasteiger partial charge in [0.15, 0.2) is 0 Å². The zero-order chi connectivity index (χ0) is 15.1. The molecule has 3 aliphatic rings. The molecule has 2 aromatic rings. The molecule has 1 atom stereocenters. The lowest BCUT2D eigenvalue weighted by atomic mass is 9.59. The molecular weight excluding hydrogens is 296 g/mol. The molecule has 0 saturated carbocycles. The Kier molecular flexibility index (Phi) is 3.42. The summed E-state index contributed by atoms with van der Waals surface area (Å²) in [6.45, 7) is 0.454. The molecule has 2 nitrogen and oxygen atoms in total. The maximum atomic E-state index is 11.4. The van der Waals surface area contributed by atoms with Gasteiger partial charge < -0.3 is 4.74 Å². The van der Waals surface area contributed by atoms with Crippen LogP contribution in [0, 0.1) is 5.92 Å². The monoisotopic (exact) mass is 312 g/mol. The number of alkyl halides is 1. The lowest BCUT2D eigenvalue weighted by molar-refractivity contribution is -0.142. The molecule has 0 unspecified atom stereocenters. The molecule has 0 spiro atoms. The lowest BCUT2D eigenvalue weighted by Gasteiger charge is -2.45. The number of fused-ring (bicyclic) bond motifs is 1. The first-order chi connectivity index (χ1) is 10.8. The summed E-state index contributed by atoms with van der Waals surface area (Å²) < 4.78 is 5.34. The van der Waals surface area contributed by atoms with Crippen molar-refractivity contribution in [1.82, 2.24) is 0 Å². The molecule has 112 valence electrons. The van der Waals surface area contributed by atoms with E-state index in [1.54, 1.807) is 0 Å². The number of ether oxygens (including phenoxy) is 1. The van der Waals surface area contributed by atoms with Crippen molar-refractivity contribution in [3.8, 4) is 0 Å². The van der Waals surface area contributed by atoms with Gasteiger partial charge in [-0.05, 0) is 28.7 Å². The van der Waals surface area contributed by atoms with Gasteiger partial charge >= 0.3 is 5.97 Å². The lowest BCUT2D eigenvalue weighted by Crippen LogP contribution is -2.35. The highest BCUT2D eigenvalue weighted by Gasteiger charge is 2.43. The van der Waals surface area contributed by atoms with Crippen LogP contribution in [0.15, 0.2) is 48.5 Å². The quantitative estimate of drug-likeness (QED) is 0.631. The van der Waals surface area contributed by atoms with Crippen LogP contribution in [0.5, 0.6) is 0 Å². The fourth-order valence-corrected chi connectivity index (χ4v) is 4.24. The van der Waals surface area contributed by atoms with Gasteiger partial charge in [0.2, 0.25) is 0 Å². The van der Waals surface area contributed by atoms with Gasteiger partial charge in [0.05, 0.1) is 6.61 Å². The van der Waals surface area contributed by atoms with Crippen molar-refractivity contribution in [1.29, 1.82) is 0 Å². The first-order valence-corrected chi connectivity index (χ1v) is 8.22. The maximum absolute atomic E-state index is 11.4. The Labute approximate surface area is 135 Å². The van der Waals surface area contributed by atoms with Crippen molar-refractivity contribution in [2.24, 2.45) is 5.92 Å². The van der Waals surface area contributed by atoms with Crippen LogP contribution >= 0.6 is 11.6 Å². The first kappa shape index (κ1) is 13.8. The van der Waals surface area contributed by atoms with Crippen LogP contribution in [0.1, 0.15) is 40.5 Å². The zero-order valence-corrected chi connectivity index (χ0v) is 12.9. The minimum Gasteiger partial charge on any atom is -0.464 e. The van der Waals surface area contributed by atoms with Crippen LogP contribution in [0.25, 0.3) is 0 Å². The van der Waals surface area contributed by atoms with E-state index in [1.165, 1.54) is 22.3 Å². The molecule has 0 heterocycles. The second-order valence-electron chi connectivity index (χ2n) is 6.10. The van der Waals surface area contributed by atoms with Crippen LogP contribution in [-0.2, 0) is 9.53 Å². The Morgan fingerprint density at radius 1 is 1.00 bits per heavy atom. The Hall–Kier alpha value is -1.80. The SMILES string of the molecule is O=C(CCl)OC[C@@H]1CC2c3ccccc3C1c1ccccc12. The number of rotatable bonds is 3. The van der Waals surface area contributed by atoms with Gasteiger partial charge in [0.25, 0.3) is 0 Å². The highest BCUT2D eigenvalue weighted by atomic mass is 35.5. The number of hydrogen-bond acceptors (Lipinski definition) is 2. The number of benzene rings is 2. The predicted molar refractivity (Wildman–Crippen MR) is 86.4 cm³/mol. The summed E-state index contributed by atoms with van der Waals surface area (Å²) in [6.07, 6.45) is 1.04. The molecule has 2 aromatic carbocycles. The average molecular weight is 313 g/mol. The average Bonchev–Trinajstić information content (AvgIpc) is 2.59. The van der Waals surface area contributed by atoms with Gasteiger partial charge in [0, 0.05) is 17.8 Å². The number of hydrogen-bond donors (Lipinski definition) is 0. The first-order valence-electron chi connectivity index (χ1n) is 7.69. The molecule has 0 N–H and O–H groups in total. The largest absolute Gasteiger partial charge is 0.464 e. The van der Waals surface area contributed by atoms with Gasteiger partial charge in [-0.1, -0.05) is 48.5 Å². The van der Waals surface area contributed by atoms with E-state index >= 15 is 0 Å². The number of halogens is 1. The fraction of sp³-hybridized carbons (Fsp3) is 0.316. The molecule has 22 heavy (non-hydrogen) atoms. The van der Waals surface area contributed by atoms with Crippen molar-refractivity contribution < 1.29 is 9.53 Å². The molecule has 0 fully saturated rings. The van der Waals surface area contributed by atoms with E-state index in [2.05, 4.69) is 48.5 Å². The minimum absolute atomic E-state index is 0.0754. The van der Waals surface area contributed by atoms with Crippen LogP contribution < -0.4 is 0 Å². The van der Waals surface area contributed by atoms with Gasteiger partial charge in [-0.3, -0.25) is 4.79 Å². The van der Waals surface area contributed by atoms with Crippen LogP contribution in [0.2, 0.25) is 0 Å². The van der Waals surface area contributed by atoms with Crippen molar-refractivity contribution >= 4 is 17.6 Å². The van der Waals surface area contributed by atoms with Crippen molar-refractivity contribution in [3.63, 3.8) is 0 Å². The smallest absolute Gasteiger partial charge is 0.320 e. The van der Waals surface area contributed by atoms with Gasteiger partial charge in [0.1, 0.15) is 5.88 Å². The van der Waals surface area contributed by atoms with Crippen LogP contribution in [0.3, 0.4) is 0 Å². The Morgan fingerprint density at radius 3 is 2.09 bits per heavy atom. The zero-order valence-electron chi connectivity index (χ0n) is 12.2. The highest BCUT2D eigenvalue weighted by Crippen LogP contribution is 2.55. The number of carbonyl (C=O) groups is 1. The van der Waals surface area contributed by atoms with Gasteiger partial charge in [-0.15, -0.1) is 11.6 Å². The highest BCUT2D eigenvalue weighted by molar-refractivity contribution is 6.26. The molecule has 2 bridgehead atoms. The standard InChI is InChI=1S/C19H17ClO2/c20-10-18(21)22-11-12-9-17-13-5-1-3-7-15(13)19(12)16-8-4-2-6-14(16)17/h1-8,12,17,19H,9-11H2/t12-,17?,19?/m0/s1. The van der Waals surface area contributed by atoms with Crippen molar-refractivity contribution in [2.45, 2.75) is 18.3 Å². The molecule has 0 aromatic heterocycles. The summed E-state index contributed by atoms with van der Waals surface area (Å²) in [5.74, 6) is 0.665. The topological polar surface area (TPSA) is 26.3 Å². The summed E-state index contributed by atoms with van der Waals surface area (Å²) >= 11 is 5.54. The van der Waals surface area contributed by atoms with Crippen LogP contribution in [-0.4, -0.2) is 18.5 Å². The van der Waals surface area contributed by atoms with E-state index in [9.17, 15) is 4.79 Å². The third kappa shape index (κ3) is 2.05. The maximum Gasteiger partial charge on any atom is 0.320 e. The molecule has 0 radical (unpaired) electrons. The van der Waals surface area contributed by atoms with E-state index in [0.717, 1.165) is 6.42 Å². The summed E-state index contributed by atoms with van der Waals surface area (Å²) in [7, 11) is 0. The predicted octanol–water partition coefficient (Wildman–Crippen LogP) is 4.07. The van der Waals surface area contributed by atoms with E-state index in [1.807, 2.05) is 0 Å². The number of carbonyl (C=O) groups excluding carboxylic acids is 1. The van der Waals surface area contributed by atoms with Crippen molar-refractivity contribution in [2.75, 3.05) is 12.5 Å². The molecule has 3 heteroatoms. The van der Waals surface area contributed by atoms with E-state index in [0.29, 0.717) is 24.4 Å². The van der Waals surface area contributed by atoms with E-state index < -0.39 is 0 Å². The van der Waals surface area contributed by atoms with Crippen molar-refractivity contribution in [3.05, 3.63) is 70.8 Å². The molecule has 5 rings (SSSR count). The Morgan fingerprint density at radius 2 is 1.55 bits per heavy atom. The Balaban J connectivity index is 1.74. The fourth-order valence-electron chi connectivity index (χ4n) is 4.16. The number of esters is 1. The molecule has 3 aliphatic carbocycles. The Bertz CT molecular complexity index is 677. The van der Waals surface area contributed by atoms with E-state index in [4.69, 9.17) is 16.3 Å². The second-order valence-corrected chi connectivity index (χ2v) is 6.37.